The van der Waals surface area contributed by atoms with Crippen molar-refractivity contribution in [3.05, 3.63) is 77.6 Å². The monoisotopic (exact) mass is 349 g/mol. The standard InChI is InChI=1S/C19H12ClN3O2/c20-13-6-9-17-16(11-13)23-19(25-17)12-4-7-14(8-5-12)22-18(24)15-3-1-2-10-21-15/h1-11H,(H,22,24). The van der Waals surface area contributed by atoms with Crippen molar-refractivity contribution in [2.75, 3.05) is 5.32 Å². The molecule has 6 heteroatoms. The van der Waals surface area contributed by atoms with E-state index in [0.29, 0.717) is 33.4 Å². The maximum atomic E-state index is 12.1. The molecule has 25 heavy (non-hydrogen) atoms. The minimum absolute atomic E-state index is 0.259. The van der Waals surface area contributed by atoms with Crippen LogP contribution in [0.15, 0.2) is 71.3 Å². The molecule has 0 aliphatic rings. The van der Waals surface area contributed by atoms with Crippen LogP contribution in [0.5, 0.6) is 0 Å². The average Bonchev–Trinajstić information content (AvgIpc) is 3.06. The molecule has 0 radical (unpaired) electrons. The zero-order valence-electron chi connectivity index (χ0n) is 12.9. The van der Waals surface area contributed by atoms with Gasteiger partial charge in [-0.05, 0) is 54.6 Å². The third kappa shape index (κ3) is 3.22. The predicted molar refractivity (Wildman–Crippen MR) is 96.6 cm³/mol. The van der Waals surface area contributed by atoms with E-state index in [1.54, 1.807) is 54.7 Å². The number of pyridine rings is 1. The first-order chi connectivity index (χ1) is 12.2. The van der Waals surface area contributed by atoms with Gasteiger partial charge in [0.25, 0.3) is 5.91 Å². The second kappa shape index (κ2) is 6.37. The maximum absolute atomic E-state index is 12.1. The Hall–Kier alpha value is -3.18. The molecule has 122 valence electrons. The van der Waals surface area contributed by atoms with Crippen LogP contribution in [-0.4, -0.2) is 15.9 Å². The number of oxazole rings is 1. The molecule has 0 spiro atoms. The number of nitrogens with zero attached hydrogens (tertiary/aromatic N) is 2. The number of nitrogens with one attached hydrogen (secondary N) is 1. The van der Waals surface area contributed by atoms with Crippen LogP contribution in [0.1, 0.15) is 10.5 Å². The lowest BCUT2D eigenvalue weighted by molar-refractivity contribution is 0.102. The lowest BCUT2D eigenvalue weighted by atomic mass is 10.2. The van der Waals surface area contributed by atoms with Crippen LogP contribution in [0.3, 0.4) is 0 Å². The van der Waals surface area contributed by atoms with Crippen molar-refractivity contribution in [2.45, 2.75) is 0 Å². The fourth-order valence-corrected chi connectivity index (χ4v) is 2.58. The van der Waals surface area contributed by atoms with E-state index in [-0.39, 0.29) is 5.91 Å². The number of aromatic nitrogens is 2. The minimum Gasteiger partial charge on any atom is -0.436 e. The molecule has 1 N–H and O–H groups in total. The van der Waals surface area contributed by atoms with Crippen molar-refractivity contribution in [1.82, 2.24) is 9.97 Å². The number of rotatable bonds is 3. The van der Waals surface area contributed by atoms with Crippen LogP contribution in [0, 0.1) is 0 Å². The number of halogens is 1. The molecule has 2 heterocycles. The summed E-state index contributed by atoms with van der Waals surface area (Å²) in [7, 11) is 0. The van der Waals surface area contributed by atoms with E-state index >= 15 is 0 Å². The van der Waals surface area contributed by atoms with Gasteiger partial charge in [-0.15, -0.1) is 0 Å². The summed E-state index contributed by atoms with van der Waals surface area (Å²) in [5, 5.41) is 3.41. The largest absolute Gasteiger partial charge is 0.436 e. The molecule has 2 aromatic heterocycles. The molecule has 0 aliphatic heterocycles. The van der Waals surface area contributed by atoms with E-state index in [9.17, 15) is 4.79 Å². The Kier molecular flexibility index (Phi) is 3.91. The normalized spacial score (nSPS) is 10.8. The smallest absolute Gasteiger partial charge is 0.274 e. The van der Waals surface area contributed by atoms with E-state index < -0.39 is 0 Å². The number of fused-ring (bicyclic) bond motifs is 1. The van der Waals surface area contributed by atoms with Crippen molar-refractivity contribution in [3.63, 3.8) is 0 Å². The van der Waals surface area contributed by atoms with Gasteiger partial charge < -0.3 is 9.73 Å². The molecule has 0 atom stereocenters. The first-order valence-electron chi connectivity index (χ1n) is 7.58. The second-order valence-electron chi connectivity index (χ2n) is 5.38. The molecule has 0 saturated heterocycles. The number of anilines is 1. The first-order valence-corrected chi connectivity index (χ1v) is 7.96. The van der Waals surface area contributed by atoms with Crippen LogP contribution in [0.25, 0.3) is 22.6 Å². The lowest BCUT2D eigenvalue weighted by Gasteiger charge is -2.05. The Balaban J connectivity index is 1.56. The molecular weight excluding hydrogens is 338 g/mol. The molecule has 2 aromatic carbocycles. The van der Waals surface area contributed by atoms with Gasteiger partial charge in [-0.25, -0.2) is 4.98 Å². The molecule has 0 saturated carbocycles. The SMILES string of the molecule is O=C(Nc1ccc(-c2nc3cc(Cl)ccc3o2)cc1)c1ccccn1. The summed E-state index contributed by atoms with van der Waals surface area (Å²) in [6.45, 7) is 0. The van der Waals surface area contributed by atoms with E-state index in [1.807, 2.05) is 12.1 Å². The lowest BCUT2D eigenvalue weighted by Crippen LogP contribution is -2.13. The first kappa shape index (κ1) is 15.4. The summed E-state index contributed by atoms with van der Waals surface area (Å²) < 4.78 is 5.73. The van der Waals surface area contributed by atoms with E-state index in [4.69, 9.17) is 16.0 Å². The van der Waals surface area contributed by atoms with Gasteiger partial charge in [-0.3, -0.25) is 9.78 Å². The Morgan fingerprint density at radius 1 is 1.04 bits per heavy atom. The summed E-state index contributed by atoms with van der Waals surface area (Å²) in [5.74, 6) is 0.240. The third-order valence-electron chi connectivity index (χ3n) is 3.64. The quantitative estimate of drug-likeness (QED) is 0.577. The zero-order valence-corrected chi connectivity index (χ0v) is 13.7. The molecule has 1 amide bonds. The van der Waals surface area contributed by atoms with Gasteiger partial charge in [-0.2, -0.15) is 0 Å². The van der Waals surface area contributed by atoms with Crippen molar-refractivity contribution >= 4 is 34.3 Å². The van der Waals surface area contributed by atoms with E-state index in [0.717, 1.165) is 5.56 Å². The Labute approximate surface area is 148 Å². The number of carbonyl (C=O) groups excluding carboxylic acids is 1. The highest BCUT2D eigenvalue weighted by atomic mass is 35.5. The Bertz CT molecular complexity index is 1040. The summed E-state index contributed by atoms with van der Waals surface area (Å²) >= 11 is 5.97. The number of hydrogen-bond acceptors (Lipinski definition) is 4. The number of carbonyl (C=O) groups is 1. The second-order valence-corrected chi connectivity index (χ2v) is 5.81. The highest BCUT2D eigenvalue weighted by molar-refractivity contribution is 6.31. The van der Waals surface area contributed by atoms with Gasteiger partial charge in [0.1, 0.15) is 11.2 Å². The van der Waals surface area contributed by atoms with Crippen LogP contribution >= 0.6 is 11.6 Å². The van der Waals surface area contributed by atoms with E-state index in [2.05, 4.69) is 15.3 Å². The van der Waals surface area contributed by atoms with Crippen LogP contribution in [0.2, 0.25) is 5.02 Å². The number of benzene rings is 2. The zero-order chi connectivity index (χ0) is 17.2. The van der Waals surface area contributed by atoms with Crippen LogP contribution in [0.4, 0.5) is 5.69 Å². The molecular formula is C19H12ClN3O2. The maximum Gasteiger partial charge on any atom is 0.274 e. The third-order valence-corrected chi connectivity index (χ3v) is 3.87. The molecule has 4 aromatic rings. The van der Waals surface area contributed by atoms with Crippen molar-refractivity contribution < 1.29 is 9.21 Å². The fraction of sp³-hybridized carbons (Fsp3) is 0. The van der Waals surface area contributed by atoms with Gasteiger partial charge >= 0.3 is 0 Å². The van der Waals surface area contributed by atoms with Crippen LogP contribution < -0.4 is 5.32 Å². The predicted octanol–water partition coefficient (Wildman–Crippen LogP) is 4.80. The van der Waals surface area contributed by atoms with Crippen molar-refractivity contribution in [1.29, 1.82) is 0 Å². The molecule has 0 fully saturated rings. The number of amides is 1. The fourth-order valence-electron chi connectivity index (χ4n) is 2.41. The summed E-state index contributed by atoms with van der Waals surface area (Å²) in [6, 6.07) is 17.7. The van der Waals surface area contributed by atoms with Crippen LogP contribution in [-0.2, 0) is 0 Å². The number of hydrogen-bond donors (Lipinski definition) is 1. The van der Waals surface area contributed by atoms with Gasteiger partial charge in [0.05, 0.1) is 0 Å². The van der Waals surface area contributed by atoms with Gasteiger partial charge in [0.2, 0.25) is 5.89 Å². The molecule has 0 unspecified atom stereocenters. The van der Waals surface area contributed by atoms with Crippen molar-refractivity contribution in [3.8, 4) is 11.5 Å². The Morgan fingerprint density at radius 3 is 2.64 bits per heavy atom. The molecule has 5 nitrogen and oxygen atoms in total. The average molecular weight is 350 g/mol. The molecule has 4 rings (SSSR count). The highest BCUT2D eigenvalue weighted by Crippen LogP contribution is 2.27. The van der Waals surface area contributed by atoms with Crippen molar-refractivity contribution in [2.24, 2.45) is 0 Å². The molecule has 0 aliphatic carbocycles. The van der Waals surface area contributed by atoms with E-state index in [1.165, 1.54) is 0 Å². The summed E-state index contributed by atoms with van der Waals surface area (Å²) in [5.41, 5.74) is 3.21. The Morgan fingerprint density at radius 2 is 1.88 bits per heavy atom. The topological polar surface area (TPSA) is 68.0 Å². The van der Waals surface area contributed by atoms with Gasteiger partial charge in [-0.1, -0.05) is 17.7 Å². The summed E-state index contributed by atoms with van der Waals surface area (Å²) in [4.78, 5) is 20.6. The minimum atomic E-state index is -0.259. The highest BCUT2D eigenvalue weighted by Gasteiger charge is 2.10. The van der Waals surface area contributed by atoms with Gasteiger partial charge in [0.15, 0.2) is 5.58 Å². The summed E-state index contributed by atoms with van der Waals surface area (Å²) in [6.07, 6.45) is 1.58. The van der Waals surface area contributed by atoms with Gasteiger partial charge in [0, 0.05) is 22.5 Å². The molecule has 0 bridgehead atoms.